The average Bonchev–Trinajstić information content (AvgIpc) is 1.88. The molecule has 0 bridgehead atoms. The van der Waals surface area contributed by atoms with Gasteiger partial charge in [-0.3, -0.25) is 0 Å². The van der Waals surface area contributed by atoms with Gasteiger partial charge in [0.05, 0.1) is 12.6 Å². The molecule has 0 saturated heterocycles. The summed E-state index contributed by atoms with van der Waals surface area (Å²) in [7, 11) is 0. The summed E-state index contributed by atoms with van der Waals surface area (Å²) in [6.07, 6.45) is 4.45. The molecule has 0 unspecified atom stereocenters. The van der Waals surface area contributed by atoms with E-state index in [0.29, 0.717) is 5.92 Å². The number of aliphatic hydroxyl groups excluding tert-OH is 1. The van der Waals surface area contributed by atoms with Crippen molar-refractivity contribution in [3.8, 4) is 0 Å². The third-order valence-corrected chi connectivity index (χ3v) is 2.16. The molecule has 2 atom stereocenters. The minimum Gasteiger partial charge on any atom is -0.393 e. The maximum atomic E-state index is 9.18. The normalized spacial score (nSPS) is 36.7. The van der Waals surface area contributed by atoms with Crippen molar-refractivity contribution in [3.05, 3.63) is 0 Å². The van der Waals surface area contributed by atoms with Gasteiger partial charge in [-0.2, -0.15) is 0 Å². The summed E-state index contributed by atoms with van der Waals surface area (Å²) in [5.74, 6) is 0.703. The molecule has 0 heterocycles. The van der Waals surface area contributed by atoms with Crippen LogP contribution in [0.1, 0.15) is 25.7 Å². The Labute approximate surface area is 56.1 Å². The molecule has 2 nitrogen and oxygen atoms in total. The van der Waals surface area contributed by atoms with Crippen LogP contribution in [0.5, 0.6) is 0 Å². The van der Waals surface area contributed by atoms with Gasteiger partial charge in [0, 0.05) is 5.92 Å². The molecule has 0 aliphatic heterocycles. The number of rotatable bonds is 1. The van der Waals surface area contributed by atoms with Crippen LogP contribution in [-0.4, -0.2) is 17.8 Å². The molecule has 2 heteroatoms. The summed E-state index contributed by atoms with van der Waals surface area (Å²) < 4.78 is 0. The first kappa shape index (κ1) is 7.03. The van der Waals surface area contributed by atoms with E-state index in [9.17, 15) is 5.11 Å². The number of aliphatic hydroxyl groups is 1. The lowest BCUT2D eigenvalue weighted by Crippen LogP contribution is -2.54. The molecule has 1 rings (SSSR count). The van der Waals surface area contributed by atoms with Gasteiger partial charge in [-0.05, 0) is 19.3 Å². The molecule has 1 aliphatic rings. The molecule has 54 valence electrons. The zero-order chi connectivity index (χ0) is 6.69. The fourth-order valence-electron chi connectivity index (χ4n) is 1.52. The predicted octanol–water partition coefficient (Wildman–Crippen LogP) is -0.221. The van der Waals surface area contributed by atoms with Gasteiger partial charge in [0.25, 0.3) is 0 Å². The Kier molecular flexibility index (Phi) is 2.49. The smallest absolute Gasteiger partial charge is 0.0769 e. The van der Waals surface area contributed by atoms with Crippen LogP contribution in [0.2, 0.25) is 0 Å². The van der Waals surface area contributed by atoms with E-state index in [2.05, 4.69) is 5.73 Å². The van der Waals surface area contributed by atoms with Gasteiger partial charge >= 0.3 is 0 Å². The highest BCUT2D eigenvalue weighted by Gasteiger charge is 2.19. The molecule has 1 fully saturated rings. The molecule has 0 aromatic rings. The van der Waals surface area contributed by atoms with E-state index >= 15 is 0 Å². The Balaban J connectivity index is 2.23. The van der Waals surface area contributed by atoms with Gasteiger partial charge in [0.2, 0.25) is 0 Å². The fourth-order valence-corrected chi connectivity index (χ4v) is 1.52. The summed E-state index contributed by atoms with van der Waals surface area (Å²) >= 11 is 0. The van der Waals surface area contributed by atoms with Crippen LogP contribution in [0.15, 0.2) is 0 Å². The highest BCUT2D eigenvalue weighted by Crippen LogP contribution is 2.22. The van der Waals surface area contributed by atoms with E-state index < -0.39 is 0 Å². The lowest BCUT2D eigenvalue weighted by Gasteiger charge is -2.22. The zero-order valence-electron chi connectivity index (χ0n) is 5.84. The molecule has 0 aromatic heterocycles. The van der Waals surface area contributed by atoms with Gasteiger partial charge in [0.1, 0.15) is 0 Å². The first-order valence-corrected chi connectivity index (χ1v) is 3.80. The zero-order valence-corrected chi connectivity index (χ0v) is 5.84. The first-order chi connectivity index (χ1) is 4.33. The Morgan fingerprint density at radius 2 is 2.22 bits per heavy atom. The Morgan fingerprint density at radius 3 is 2.67 bits per heavy atom. The van der Waals surface area contributed by atoms with Gasteiger partial charge < -0.3 is 10.8 Å². The second kappa shape index (κ2) is 3.18. The van der Waals surface area contributed by atoms with Crippen molar-refractivity contribution in [2.75, 3.05) is 6.54 Å². The van der Waals surface area contributed by atoms with Crippen LogP contribution >= 0.6 is 0 Å². The van der Waals surface area contributed by atoms with Gasteiger partial charge in [0.15, 0.2) is 0 Å². The van der Waals surface area contributed by atoms with Gasteiger partial charge in [-0.25, -0.2) is 0 Å². The Morgan fingerprint density at radius 1 is 1.44 bits per heavy atom. The second-order valence-corrected chi connectivity index (χ2v) is 2.98. The minimum atomic E-state index is -0.0227. The lowest BCUT2D eigenvalue weighted by atomic mass is 9.87. The molecule has 1 saturated carbocycles. The van der Waals surface area contributed by atoms with Crippen molar-refractivity contribution in [2.45, 2.75) is 31.8 Å². The SMILES string of the molecule is [NH3+]C[C@H]1CCC[C@@H](O)C1. The summed E-state index contributed by atoms with van der Waals surface area (Å²) in [5.41, 5.74) is 3.83. The maximum Gasteiger partial charge on any atom is 0.0769 e. The predicted molar refractivity (Wildman–Crippen MR) is 35.7 cm³/mol. The molecular weight excluding hydrogens is 114 g/mol. The third kappa shape index (κ3) is 1.95. The summed E-state index contributed by atoms with van der Waals surface area (Å²) in [4.78, 5) is 0. The highest BCUT2D eigenvalue weighted by molar-refractivity contribution is 4.70. The van der Waals surface area contributed by atoms with Crippen LogP contribution < -0.4 is 5.73 Å². The van der Waals surface area contributed by atoms with E-state index in [4.69, 9.17) is 0 Å². The Bertz CT molecular complexity index is 85.0. The average molecular weight is 130 g/mol. The Hall–Kier alpha value is -0.0800. The van der Waals surface area contributed by atoms with Crippen LogP contribution in [0, 0.1) is 5.92 Å². The molecule has 9 heavy (non-hydrogen) atoms. The summed E-state index contributed by atoms with van der Waals surface area (Å²) in [5, 5.41) is 9.18. The second-order valence-electron chi connectivity index (χ2n) is 2.98. The highest BCUT2D eigenvalue weighted by atomic mass is 16.3. The van der Waals surface area contributed by atoms with Crippen LogP contribution in [0.4, 0.5) is 0 Å². The summed E-state index contributed by atoms with van der Waals surface area (Å²) in [6.45, 7) is 0.997. The summed E-state index contributed by atoms with van der Waals surface area (Å²) in [6, 6.07) is 0. The lowest BCUT2D eigenvalue weighted by molar-refractivity contribution is -0.381. The standard InChI is InChI=1S/C7H15NO/c8-5-6-2-1-3-7(9)4-6/h6-7,9H,1-5,8H2/p+1/t6-,7+/m0/s1. The maximum absolute atomic E-state index is 9.18. The first-order valence-electron chi connectivity index (χ1n) is 3.80. The van der Waals surface area contributed by atoms with E-state index in [0.717, 1.165) is 19.4 Å². The number of hydrogen-bond donors (Lipinski definition) is 2. The van der Waals surface area contributed by atoms with Crippen molar-refractivity contribution in [1.82, 2.24) is 0 Å². The van der Waals surface area contributed by atoms with Crippen LogP contribution in [-0.2, 0) is 0 Å². The fraction of sp³-hybridized carbons (Fsp3) is 1.00. The van der Waals surface area contributed by atoms with Crippen LogP contribution in [0.25, 0.3) is 0 Å². The van der Waals surface area contributed by atoms with Crippen molar-refractivity contribution in [2.24, 2.45) is 5.92 Å². The van der Waals surface area contributed by atoms with E-state index in [-0.39, 0.29) is 6.10 Å². The molecule has 0 spiro atoms. The van der Waals surface area contributed by atoms with Crippen molar-refractivity contribution >= 4 is 0 Å². The van der Waals surface area contributed by atoms with Crippen molar-refractivity contribution < 1.29 is 10.8 Å². The number of quaternary nitrogens is 1. The van der Waals surface area contributed by atoms with Crippen LogP contribution in [0.3, 0.4) is 0 Å². The van der Waals surface area contributed by atoms with E-state index in [1.165, 1.54) is 12.8 Å². The largest absolute Gasteiger partial charge is 0.393 e. The monoisotopic (exact) mass is 130 g/mol. The number of hydrogen-bond acceptors (Lipinski definition) is 1. The van der Waals surface area contributed by atoms with E-state index in [1.807, 2.05) is 0 Å². The van der Waals surface area contributed by atoms with Gasteiger partial charge in [-0.15, -0.1) is 0 Å². The topological polar surface area (TPSA) is 47.9 Å². The molecule has 4 N–H and O–H groups in total. The molecule has 0 amide bonds. The third-order valence-electron chi connectivity index (χ3n) is 2.16. The van der Waals surface area contributed by atoms with Gasteiger partial charge in [-0.1, -0.05) is 6.42 Å². The molecule has 0 radical (unpaired) electrons. The molecular formula is C7H16NO+. The molecule has 1 aliphatic carbocycles. The molecule has 0 aromatic carbocycles. The van der Waals surface area contributed by atoms with E-state index in [1.54, 1.807) is 0 Å². The van der Waals surface area contributed by atoms with Crippen molar-refractivity contribution in [3.63, 3.8) is 0 Å². The quantitative estimate of drug-likeness (QED) is 0.506. The minimum absolute atomic E-state index is 0.0227. The van der Waals surface area contributed by atoms with Crippen molar-refractivity contribution in [1.29, 1.82) is 0 Å².